The molecule has 2 aromatic rings. The van der Waals surface area contributed by atoms with Crippen LogP contribution in [0.25, 0.3) is 0 Å². The van der Waals surface area contributed by atoms with Crippen molar-refractivity contribution in [3.05, 3.63) is 71.8 Å². The number of rotatable bonds is 5. The summed E-state index contributed by atoms with van der Waals surface area (Å²) in [6, 6.07) is 17.2. The molecule has 0 radical (unpaired) electrons. The van der Waals surface area contributed by atoms with E-state index >= 15 is 0 Å². The Morgan fingerprint density at radius 3 is 2.24 bits per heavy atom. The number of ether oxygens (including phenoxy) is 6. The van der Waals surface area contributed by atoms with Gasteiger partial charge < -0.3 is 38.6 Å². The van der Waals surface area contributed by atoms with Gasteiger partial charge >= 0.3 is 23.9 Å². The number of carbonyl (C=O) groups excluding carboxylic acids is 4. The van der Waals surface area contributed by atoms with Crippen LogP contribution in [-0.4, -0.2) is 82.1 Å². The van der Waals surface area contributed by atoms with Crippen molar-refractivity contribution in [2.75, 3.05) is 0 Å². The van der Waals surface area contributed by atoms with E-state index in [4.69, 9.17) is 28.4 Å². The van der Waals surface area contributed by atoms with E-state index in [1.54, 1.807) is 30.3 Å². The molecule has 8 rings (SSSR count). The summed E-state index contributed by atoms with van der Waals surface area (Å²) in [5.41, 5.74) is -8.89. The van der Waals surface area contributed by atoms with Crippen LogP contribution >= 0.6 is 0 Å². The third-order valence-electron chi connectivity index (χ3n) is 11.4. The number of benzene rings is 2. The van der Waals surface area contributed by atoms with Gasteiger partial charge in [0, 0.05) is 5.92 Å². The molecule has 6 aliphatic rings. The Hall–Kier alpha value is -3.84. The van der Waals surface area contributed by atoms with E-state index in [2.05, 4.69) is 0 Å². The summed E-state index contributed by atoms with van der Waals surface area (Å²) in [5, 5.41) is 25.2. The zero-order valence-electron chi connectivity index (χ0n) is 25.6. The molecule has 2 bridgehead atoms. The van der Waals surface area contributed by atoms with Gasteiger partial charge in [0.2, 0.25) is 11.9 Å². The Balaban J connectivity index is 1.40. The molecule has 2 N–H and O–H groups in total. The summed E-state index contributed by atoms with van der Waals surface area (Å²) >= 11 is 0. The Morgan fingerprint density at radius 2 is 1.59 bits per heavy atom. The van der Waals surface area contributed by atoms with Crippen molar-refractivity contribution < 1.29 is 57.8 Å². The normalized spacial score (nSPS) is 44.6. The van der Waals surface area contributed by atoms with E-state index in [0.29, 0.717) is 0 Å². The molecular weight excluding hydrogens is 600 g/mol. The minimum absolute atomic E-state index is 0.0574. The second kappa shape index (κ2) is 9.15. The summed E-state index contributed by atoms with van der Waals surface area (Å²) in [6.07, 6.45) is -9.33. The first kappa shape index (κ1) is 29.6. The summed E-state index contributed by atoms with van der Waals surface area (Å²) in [5.74, 6) is -5.83. The molecule has 6 fully saturated rings. The fourth-order valence-electron chi connectivity index (χ4n) is 10.1. The van der Waals surface area contributed by atoms with Gasteiger partial charge in [-0.3, -0.25) is 4.79 Å². The third-order valence-corrected chi connectivity index (χ3v) is 11.4. The highest BCUT2D eigenvalue weighted by molar-refractivity contribution is 5.94. The number of fused-ring (bicyclic) bond motifs is 2. The van der Waals surface area contributed by atoms with Gasteiger partial charge in [-0.25, -0.2) is 14.4 Å². The van der Waals surface area contributed by atoms with Crippen molar-refractivity contribution in [3.63, 3.8) is 0 Å². The van der Waals surface area contributed by atoms with Crippen molar-refractivity contribution in [1.82, 2.24) is 0 Å². The van der Waals surface area contributed by atoms with E-state index in [9.17, 15) is 29.4 Å². The van der Waals surface area contributed by atoms with Crippen LogP contribution in [0.4, 0.5) is 0 Å². The van der Waals surface area contributed by atoms with Crippen LogP contribution < -0.4 is 0 Å². The standard InChI is InChI=1S/C34H34O12/c1-16-25(36)44-23-21(35)32-22(43-26(37)18-13-9-6-10-14-18)19-20(30(2,3)4)31(32)24(41-15-17-11-7-5-8-12-17)27(38)45-29(31)46-34(32,28(39)42-19)33(16,23)40/h5-14,16,19-24,29,35,40H,15H2,1-4H3/t16-,19+,20+,21+,22-,23+,24+,29+,31?,32?,33-,34-/m1/s1. The number of aliphatic hydroxyl groups excluding tert-OH is 1. The first-order valence-corrected chi connectivity index (χ1v) is 15.4. The highest BCUT2D eigenvalue weighted by Gasteiger charge is 3.05. The van der Waals surface area contributed by atoms with Crippen molar-refractivity contribution in [2.24, 2.45) is 28.1 Å². The van der Waals surface area contributed by atoms with Gasteiger partial charge in [-0.05, 0) is 30.0 Å². The van der Waals surface area contributed by atoms with Crippen molar-refractivity contribution in [3.8, 4) is 0 Å². The lowest BCUT2D eigenvalue weighted by Crippen LogP contribution is -2.74. The van der Waals surface area contributed by atoms with Crippen molar-refractivity contribution in [1.29, 1.82) is 0 Å². The third kappa shape index (κ3) is 3.00. The lowest BCUT2D eigenvalue weighted by Gasteiger charge is -2.51. The van der Waals surface area contributed by atoms with E-state index in [1.807, 2.05) is 51.1 Å². The molecular formula is C34H34O12. The van der Waals surface area contributed by atoms with E-state index < -0.39 is 100.0 Å². The largest absolute Gasteiger partial charge is 0.456 e. The average molecular weight is 635 g/mol. The van der Waals surface area contributed by atoms with Crippen molar-refractivity contribution in [2.45, 2.75) is 82.3 Å². The van der Waals surface area contributed by atoms with E-state index in [-0.39, 0.29) is 12.2 Å². The molecule has 2 aromatic carbocycles. The van der Waals surface area contributed by atoms with Crippen LogP contribution in [0.5, 0.6) is 0 Å². The molecule has 2 unspecified atom stereocenters. The number of esters is 4. The SMILES string of the molecule is C[C@@H]1C(=O)O[C@H]2[C@H](O)C34[C@H](OC(=O)c5ccccc5)[C@H]5OC(=O)[C@]3(O[C@@H]3OC(=O)[C@H](OCc6ccccc6)C34[C@@H]5C(C)(C)C)[C@@]12O. The maximum Gasteiger partial charge on any atom is 0.343 e. The molecule has 4 heterocycles. The maximum absolute atomic E-state index is 14.5. The van der Waals surface area contributed by atoms with Crippen LogP contribution in [0.2, 0.25) is 0 Å². The molecule has 242 valence electrons. The van der Waals surface area contributed by atoms with Gasteiger partial charge in [0.1, 0.15) is 12.2 Å². The molecule has 12 heteroatoms. The highest BCUT2D eigenvalue weighted by atomic mass is 16.8. The summed E-state index contributed by atoms with van der Waals surface area (Å²) in [6.45, 7) is 6.89. The molecule has 2 spiro atoms. The predicted molar refractivity (Wildman–Crippen MR) is 152 cm³/mol. The number of carbonyl (C=O) groups is 4. The molecule has 2 saturated carbocycles. The van der Waals surface area contributed by atoms with Crippen LogP contribution in [0.15, 0.2) is 60.7 Å². The highest BCUT2D eigenvalue weighted by Crippen LogP contribution is 2.84. The lowest BCUT2D eigenvalue weighted by atomic mass is 9.50. The molecule has 0 aromatic heterocycles. The Morgan fingerprint density at radius 1 is 0.935 bits per heavy atom. The van der Waals surface area contributed by atoms with Gasteiger partial charge in [0.15, 0.2) is 23.9 Å². The van der Waals surface area contributed by atoms with Crippen LogP contribution in [0, 0.1) is 28.1 Å². The minimum atomic E-state index is -2.56. The number of aliphatic hydroxyl groups is 2. The lowest BCUT2D eigenvalue weighted by molar-refractivity contribution is -0.281. The molecule has 46 heavy (non-hydrogen) atoms. The molecule has 2 aliphatic carbocycles. The number of hydrogen-bond acceptors (Lipinski definition) is 12. The van der Waals surface area contributed by atoms with Crippen molar-refractivity contribution >= 4 is 23.9 Å². The quantitative estimate of drug-likeness (QED) is 0.362. The molecule has 4 aliphatic heterocycles. The van der Waals surface area contributed by atoms with E-state index in [0.717, 1.165) is 5.56 Å². The van der Waals surface area contributed by atoms with Crippen LogP contribution in [0.3, 0.4) is 0 Å². The van der Waals surface area contributed by atoms with Gasteiger partial charge in [-0.15, -0.1) is 0 Å². The zero-order chi connectivity index (χ0) is 32.6. The monoisotopic (exact) mass is 634 g/mol. The van der Waals surface area contributed by atoms with Gasteiger partial charge in [0.25, 0.3) is 0 Å². The molecule has 12 atom stereocenters. The second-order valence-corrected chi connectivity index (χ2v) is 14.3. The Bertz CT molecular complexity index is 1650. The fraction of sp³-hybridized carbons (Fsp3) is 0.529. The second-order valence-electron chi connectivity index (χ2n) is 14.3. The Labute approximate surface area is 263 Å². The van der Waals surface area contributed by atoms with Crippen LogP contribution in [0.1, 0.15) is 43.6 Å². The van der Waals surface area contributed by atoms with Gasteiger partial charge in [-0.1, -0.05) is 69.3 Å². The first-order chi connectivity index (χ1) is 21.8. The smallest absolute Gasteiger partial charge is 0.343 e. The first-order valence-electron chi connectivity index (χ1n) is 15.4. The van der Waals surface area contributed by atoms with Crippen LogP contribution in [-0.2, 0) is 49.4 Å². The average Bonchev–Trinajstić information content (AvgIpc) is 3.64. The predicted octanol–water partition coefficient (Wildman–Crippen LogP) is 1.69. The fourth-order valence-corrected chi connectivity index (χ4v) is 10.1. The summed E-state index contributed by atoms with van der Waals surface area (Å²) < 4.78 is 36.9. The summed E-state index contributed by atoms with van der Waals surface area (Å²) in [4.78, 5) is 55.3. The topological polar surface area (TPSA) is 164 Å². The van der Waals surface area contributed by atoms with Gasteiger partial charge in [0.05, 0.1) is 28.9 Å². The maximum atomic E-state index is 14.5. The van der Waals surface area contributed by atoms with Gasteiger partial charge in [-0.2, -0.15) is 0 Å². The summed E-state index contributed by atoms with van der Waals surface area (Å²) in [7, 11) is 0. The zero-order valence-corrected chi connectivity index (χ0v) is 25.6. The Kier molecular flexibility index (Phi) is 5.88. The molecule has 12 nitrogen and oxygen atoms in total. The molecule has 0 amide bonds. The molecule has 4 saturated heterocycles. The van der Waals surface area contributed by atoms with E-state index in [1.165, 1.54) is 6.92 Å². The minimum Gasteiger partial charge on any atom is -0.456 e. The number of hydrogen-bond donors (Lipinski definition) is 2.